The molecule has 0 fully saturated rings. The highest BCUT2D eigenvalue weighted by atomic mass is 32.2. The van der Waals surface area contributed by atoms with Crippen LogP contribution in [0.15, 0.2) is 143 Å². The van der Waals surface area contributed by atoms with Gasteiger partial charge >= 0.3 is 0 Å². The van der Waals surface area contributed by atoms with Gasteiger partial charge in [-0.15, -0.1) is 0 Å². The van der Waals surface area contributed by atoms with Crippen LogP contribution in [0.4, 0.5) is 11.6 Å². The molecular weight excluding hydrogens is 520 g/mol. The second-order valence-corrected chi connectivity index (χ2v) is 11.6. The summed E-state index contributed by atoms with van der Waals surface area (Å²) in [5.41, 5.74) is 6.11. The molecule has 1 aliphatic rings. The quantitative estimate of drug-likeness (QED) is 0.219. The third-order valence-electron chi connectivity index (χ3n) is 7.54. The Hall–Kier alpha value is -4.74. The molecule has 0 atom stereocenters. The summed E-state index contributed by atoms with van der Waals surface area (Å²) in [6.45, 7) is 4.49. The number of aromatic nitrogens is 3. The first kappa shape index (κ1) is 25.2. The van der Waals surface area contributed by atoms with Crippen molar-refractivity contribution >= 4 is 23.4 Å². The molecule has 0 amide bonds. The van der Waals surface area contributed by atoms with E-state index in [9.17, 15) is 0 Å². The molecule has 5 heteroatoms. The third kappa shape index (κ3) is 4.68. The first-order valence-electron chi connectivity index (χ1n) is 13.7. The minimum absolute atomic E-state index is 0.431. The molecule has 0 bridgehead atoms. The van der Waals surface area contributed by atoms with Crippen molar-refractivity contribution in [2.24, 2.45) is 0 Å². The number of para-hydroxylation sites is 1. The lowest BCUT2D eigenvalue weighted by Crippen LogP contribution is -2.39. The van der Waals surface area contributed by atoms with Crippen molar-refractivity contribution in [2.75, 3.05) is 4.90 Å². The number of fused-ring (bicyclic) bond motifs is 2. The molecule has 0 unspecified atom stereocenters. The van der Waals surface area contributed by atoms with E-state index in [-0.39, 0.29) is 0 Å². The highest BCUT2D eigenvalue weighted by Crippen LogP contribution is 2.50. The van der Waals surface area contributed by atoms with Gasteiger partial charge in [0.05, 0.1) is 11.2 Å². The van der Waals surface area contributed by atoms with Gasteiger partial charge in [-0.3, -0.25) is 4.90 Å². The maximum atomic E-state index is 5.16. The third-order valence-corrected chi connectivity index (χ3v) is 8.68. The van der Waals surface area contributed by atoms with Crippen LogP contribution in [-0.2, 0) is 5.54 Å². The van der Waals surface area contributed by atoms with Gasteiger partial charge in [0, 0.05) is 20.9 Å². The fourth-order valence-corrected chi connectivity index (χ4v) is 6.66. The summed E-state index contributed by atoms with van der Waals surface area (Å²) >= 11 is 1.79. The Morgan fingerprint density at radius 1 is 0.488 bits per heavy atom. The maximum absolute atomic E-state index is 5.16. The predicted octanol–water partition coefficient (Wildman–Crippen LogP) is 9.41. The van der Waals surface area contributed by atoms with Crippen molar-refractivity contribution in [3.63, 3.8) is 0 Å². The van der Waals surface area contributed by atoms with Gasteiger partial charge < -0.3 is 0 Å². The first-order chi connectivity index (χ1) is 20.1. The van der Waals surface area contributed by atoms with Crippen molar-refractivity contribution in [1.29, 1.82) is 0 Å². The maximum Gasteiger partial charge on any atom is 0.234 e. The molecule has 7 rings (SSSR count). The predicted molar refractivity (Wildman–Crippen MR) is 168 cm³/mol. The minimum atomic E-state index is -0.431. The van der Waals surface area contributed by atoms with E-state index < -0.39 is 5.54 Å². The van der Waals surface area contributed by atoms with E-state index in [0.717, 1.165) is 22.4 Å². The number of nitrogens with zero attached hydrogens (tertiary/aromatic N) is 4. The minimum Gasteiger partial charge on any atom is -0.300 e. The Bertz CT molecular complexity index is 1830. The molecule has 0 radical (unpaired) electrons. The molecule has 4 nitrogen and oxygen atoms in total. The SMILES string of the molecule is CC1(C)c2ccccc2Sc2ccccc2N1c1nc(-c2ccccc2)nc(-c2ccc(-c3ccccc3)cc2)n1. The summed E-state index contributed by atoms with van der Waals surface area (Å²) in [6.07, 6.45) is 0. The highest BCUT2D eigenvalue weighted by molar-refractivity contribution is 7.99. The number of anilines is 2. The van der Waals surface area contributed by atoms with Gasteiger partial charge in [0.15, 0.2) is 11.6 Å². The van der Waals surface area contributed by atoms with Crippen molar-refractivity contribution < 1.29 is 0 Å². The van der Waals surface area contributed by atoms with Gasteiger partial charge in [-0.2, -0.15) is 9.97 Å². The molecule has 1 aliphatic heterocycles. The zero-order valence-corrected chi connectivity index (χ0v) is 23.7. The summed E-state index contributed by atoms with van der Waals surface area (Å²) in [5.74, 6) is 1.92. The van der Waals surface area contributed by atoms with Crippen LogP contribution in [0.1, 0.15) is 19.4 Å². The number of hydrogen-bond acceptors (Lipinski definition) is 5. The fourth-order valence-electron chi connectivity index (χ4n) is 5.44. The van der Waals surface area contributed by atoms with Gasteiger partial charge in [-0.05, 0) is 48.7 Å². The van der Waals surface area contributed by atoms with Crippen molar-refractivity contribution in [1.82, 2.24) is 15.0 Å². The molecule has 0 saturated heterocycles. The van der Waals surface area contributed by atoms with Crippen LogP contribution in [0.5, 0.6) is 0 Å². The van der Waals surface area contributed by atoms with Crippen LogP contribution in [0.2, 0.25) is 0 Å². The molecule has 5 aromatic carbocycles. The lowest BCUT2D eigenvalue weighted by molar-refractivity contribution is 0.516. The Morgan fingerprint density at radius 3 is 1.66 bits per heavy atom. The van der Waals surface area contributed by atoms with Crippen molar-refractivity contribution in [3.8, 4) is 33.9 Å². The van der Waals surface area contributed by atoms with Gasteiger partial charge in [0.25, 0.3) is 0 Å². The molecule has 0 saturated carbocycles. The average molecular weight is 549 g/mol. The number of benzene rings is 5. The molecule has 41 heavy (non-hydrogen) atoms. The Kier molecular flexibility index (Phi) is 6.37. The van der Waals surface area contributed by atoms with Crippen molar-refractivity contribution in [2.45, 2.75) is 29.2 Å². The number of hydrogen-bond donors (Lipinski definition) is 0. The topological polar surface area (TPSA) is 41.9 Å². The molecule has 2 heterocycles. The molecule has 1 aromatic heterocycles. The largest absolute Gasteiger partial charge is 0.300 e. The second kappa shape index (κ2) is 10.3. The Balaban J connectivity index is 1.43. The monoisotopic (exact) mass is 548 g/mol. The molecule has 0 N–H and O–H groups in total. The Labute approximate surface area is 244 Å². The summed E-state index contributed by atoms with van der Waals surface area (Å²) < 4.78 is 0. The smallest absolute Gasteiger partial charge is 0.234 e. The van der Waals surface area contributed by atoms with Crippen LogP contribution >= 0.6 is 11.8 Å². The van der Waals surface area contributed by atoms with E-state index in [4.69, 9.17) is 15.0 Å². The van der Waals surface area contributed by atoms with E-state index in [1.807, 2.05) is 36.4 Å². The van der Waals surface area contributed by atoms with E-state index in [2.05, 4.69) is 116 Å². The first-order valence-corrected chi connectivity index (χ1v) is 14.5. The van der Waals surface area contributed by atoms with E-state index >= 15 is 0 Å². The van der Waals surface area contributed by atoms with Crippen molar-refractivity contribution in [3.05, 3.63) is 139 Å². The van der Waals surface area contributed by atoms with Crippen LogP contribution < -0.4 is 4.90 Å². The normalized spacial score (nSPS) is 13.7. The van der Waals surface area contributed by atoms with E-state index in [1.54, 1.807) is 11.8 Å². The highest BCUT2D eigenvalue weighted by Gasteiger charge is 2.38. The zero-order chi connectivity index (χ0) is 27.8. The second-order valence-electron chi connectivity index (χ2n) is 10.6. The standard InChI is InChI=1S/C36H28N4S/c1-36(2)29-17-9-11-19-31(29)41-32-20-12-10-18-30(32)40(36)35-38-33(27-15-7-4-8-16-27)37-34(39-35)28-23-21-26(22-24-28)25-13-5-3-6-14-25/h3-24H,1-2H3. The molecule has 6 aromatic rings. The molecule has 0 aliphatic carbocycles. The average Bonchev–Trinajstić information content (AvgIpc) is 3.13. The van der Waals surface area contributed by atoms with Gasteiger partial charge in [0.2, 0.25) is 5.95 Å². The zero-order valence-electron chi connectivity index (χ0n) is 22.9. The van der Waals surface area contributed by atoms with Gasteiger partial charge in [-0.1, -0.05) is 127 Å². The van der Waals surface area contributed by atoms with Crippen LogP contribution in [0.3, 0.4) is 0 Å². The Morgan fingerprint density at radius 2 is 0.976 bits per heavy atom. The molecular formula is C36H28N4S. The fraction of sp³-hybridized carbons (Fsp3) is 0.0833. The van der Waals surface area contributed by atoms with Gasteiger partial charge in [0.1, 0.15) is 0 Å². The summed E-state index contributed by atoms with van der Waals surface area (Å²) in [4.78, 5) is 19.9. The summed E-state index contributed by atoms with van der Waals surface area (Å²) in [7, 11) is 0. The van der Waals surface area contributed by atoms with Crippen LogP contribution in [-0.4, -0.2) is 15.0 Å². The summed E-state index contributed by atoms with van der Waals surface area (Å²) in [5, 5.41) is 0. The van der Waals surface area contributed by atoms with Gasteiger partial charge in [-0.25, -0.2) is 4.98 Å². The van der Waals surface area contributed by atoms with E-state index in [0.29, 0.717) is 17.6 Å². The number of rotatable bonds is 4. The molecule has 198 valence electrons. The summed E-state index contributed by atoms with van der Waals surface area (Å²) in [6, 6.07) is 46.2. The lowest BCUT2D eigenvalue weighted by atomic mass is 9.91. The van der Waals surface area contributed by atoms with Crippen LogP contribution in [0, 0.1) is 0 Å². The van der Waals surface area contributed by atoms with Crippen LogP contribution in [0.25, 0.3) is 33.9 Å². The van der Waals surface area contributed by atoms with E-state index in [1.165, 1.54) is 20.9 Å². The molecule has 0 spiro atoms. The lowest BCUT2D eigenvalue weighted by Gasteiger charge is -2.39.